The molecule has 0 atom stereocenters. The molecule has 2 aromatic heterocycles. The summed E-state index contributed by atoms with van der Waals surface area (Å²) in [5, 5.41) is 11.5. The summed E-state index contributed by atoms with van der Waals surface area (Å²) >= 11 is 0. The summed E-state index contributed by atoms with van der Waals surface area (Å²) in [6.45, 7) is 0. The summed E-state index contributed by atoms with van der Waals surface area (Å²) in [5.74, 6) is 0. The van der Waals surface area contributed by atoms with Crippen molar-refractivity contribution in [1.29, 1.82) is 5.26 Å². The molecule has 11 rings (SSSR count). The van der Waals surface area contributed by atoms with Crippen LogP contribution in [0.25, 0.3) is 99.5 Å². The van der Waals surface area contributed by atoms with Gasteiger partial charge in [-0.15, -0.1) is 0 Å². The zero-order chi connectivity index (χ0) is 58.8. The Hall–Kier alpha value is -9.19. The topological polar surface area (TPSA) is 33.6 Å². The van der Waals surface area contributed by atoms with E-state index < -0.39 is 87.1 Å². The maximum absolute atomic E-state index is 15.0. The second kappa shape index (κ2) is 19.0. The van der Waals surface area contributed by atoms with Gasteiger partial charge in [-0.1, -0.05) is 84.9 Å². The number of fused-ring (bicyclic) bond motifs is 6. The quantitative estimate of drug-likeness (QED) is 0.153. The van der Waals surface area contributed by atoms with Crippen LogP contribution < -0.4 is 0 Å². The lowest BCUT2D eigenvalue weighted by Gasteiger charge is -2.21. The first-order valence-electron chi connectivity index (χ1n) is 24.0. The van der Waals surface area contributed by atoms with Crippen LogP contribution in [-0.2, 0) is 37.1 Å². The number of nitrogens with zero attached hydrogens (tertiary/aromatic N) is 3. The fraction of sp³-hybridized carbons (Fsp3) is 0.0984. The van der Waals surface area contributed by atoms with Crippen LogP contribution >= 0.6 is 0 Å². The van der Waals surface area contributed by atoms with Crippen LogP contribution in [0.1, 0.15) is 38.9 Å². The smallest absolute Gasteiger partial charge is 0.309 e. The summed E-state index contributed by atoms with van der Waals surface area (Å²) in [7, 11) is 0. The Kier molecular flexibility index (Phi) is 12.7. The van der Waals surface area contributed by atoms with Crippen molar-refractivity contribution in [2.24, 2.45) is 0 Å². The first-order chi connectivity index (χ1) is 38.4. The highest BCUT2D eigenvalue weighted by Crippen LogP contribution is 2.49. The van der Waals surface area contributed by atoms with E-state index >= 15 is 0 Å². The predicted octanol–water partition coefficient (Wildman–Crippen LogP) is 20.5. The Morgan fingerprint density at radius 2 is 0.598 bits per heavy atom. The minimum atomic E-state index is -5.37. The molecule has 2 heterocycles. The minimum absolute atomic E-state index is 0.00585. The Morgan fingerprint density at radius 1 is 0.280 bits per heavy atom. The van der Waals surface area contributed by atoms with Crippen molar-refractivity contribution >= 4 is 43.6 Å². The number of hydrogen-bond acceptors (Lipinski definition) is 1. The Bertz CT molecular complexity index is 4440. The maximum Gasteiger partial charge on any atom is 0.417 e. The number of halogens is 18. The van der Waals surface area contributed by atoms with Gasteiger partial charge >= 0.3 is 37.1 Å². The molecule has 0 unspecified atom stereocenters. The van der Waals surface area contributed by atoms with Gasteiger partial charge in [-0.05, 0) is 124 Å². The van der Waals surface area contributed by atoms with Gasteiger partial charge in [0.25, 0.3) is 0 Å². The van der Waals surface area contributed by atoms with Crippen molar-refractivity contribution in [2.75, 3.05) is 0 Å². The summed E-state index contributed by atoms with van der Waals surface area (Å²) < 4.78 is 260. The summed E-state index contributed by atoms with van der Waals surface area (Å²) in [6.07, 6.45) is -31.4. The van der Waals surface area contributed by atoms with Gasteiger partial charge in [-0.25, -0.2) is 0 Å². The highest BCUT2D eigenvalue weighted by Gasteiger charge is 2.42. The molecule has 11 aromatic rings. The molecule has 0 N–H and O–H groups in total. The molecular formula is C61H29F18N3. The fourth-order valence-corrected chi connectivity index (χ4v) is 10.5. The normalized spacial score (nSPS) is 13.0. The summed E-state index contributed by atoms with van der Waals surface area (Å²) in [6, 6.07) is 34.1. The molecule has 0 aliphatic rings. The van der Waals surface area contributed by atoms with Crippen LogP contribution in [0.5, 0.6) is 0 Å². The van der Waals surface area contributed by atoms with E-state index in [4.69, 9.17) is 0 Å². The third-order valence-corrected chi connectivity index (χ3v) is 14.1. The summed E-state index contributed by atoms with van der Waals surface area (Å²) in [5.41, 5.74) is -10.6. The van der Waals surface area contributed by atoms with Crippen LogP contribution in [0.15, 0.2) is 176 Å². The Balaban J connectivity index is 1.20. The number of aromatic nitrogens is 2. The minimum Gasteiger partial charge on any atom is -0.309 e. The van der Waals surface area contributed by atoms with E-state index in [2.05, 4.69) is 6.07 Å². The van der Waals surface area contributed by atoms with E-state index in [-0.39, 0.29) is 90.3 Å². The molecule has 21 heteroatoms. The Morgan fingerprint density at radius 3 is 0.963 bits per heavy atom. The molecule has 0 aliphatic carbocycles. The fourth-order valence-electron chi connectivity index (χ4n) is 10.5. The molecule has 0 saturated heterocycles. The number of rotatable bonds is 6. The molecule has 0 amide bonds. The molecular weight excluding hydrogens is 1120 g/mol. The van der Waals surface area contributed by atoms with Gasteiger partial charge in [0.1, 0.15) is 0 Å². The van der Waals surface area contributed by atoms with Gasteiger partial charge < -0.3 is 9.13 Å². The second-order valence-electron chi connectivity index (χ2n) is 19.0. The highest BCUT2D eigenvalue weighted by atomic mass is 19.4. The van der Waals surface area contributed by atoms with Crippen molar-refractivity contribution in [3.05, 3.63) is 215 Å². The van der Waals surface area contributed by atoms with Gasteiger partial charge in [0.2, 0.25) is 0 Å². The molecule has 0 radical (unpaired) electrons. The van der Waals surface area contributed by atoms with E-state index in [0.717, 1.165) is 0 Å². The van der Waals surface area contributed by atoms with Crippen LogP contribution in [0.4, 0.5) is 79.0 Å². The monoisotopic (exact) mass is 1150 g/mol. The van der Waals surface area contributed by atoms with Gasteiger partial charge in [-0.3, -0.25) is 0 Å². The van der Waals surface area contributed by atoms with Gasteiger partial charge in [0, 0.05) is 32.7 Å². The molecule has 9 aromatic carbocycles. The zero-order valence-corrected chi connectivity index (χ0v) is 40.9. The van der Waals surface area contributed by atoms with Crippen molar-refractivity contribution in [3.63, 3.8) is 0 Å². The Labute approximate surface area is 449 Å². The van der Waals surface area contributed by atoms with E-state index in [1.165, 1.54) is 77.4 Å². The second-order valence-corrected chi connectivity index (χ2v) is 19.0. The number of para-hydroxylation sites is 2. The summed E-state index contributed by atoms with van der Waals surface area (Å²) in [4.78, 5) is 0. The average molecular weight is 1150 g/mol. The highest BCUT2D eigenvalue weighted by molar-refractivity contribution is 6.13. The van der Waals surface area contributed by atoms with Crippen molar-refractivity contribution < 1.29 is 79.0 Å². The van der Waals surface area contributed by atoms with Gasteiger partial charge in [0.05, 0.1) is 78.5 Å². The van der Waals surface area contributed by atoms with Crippen LogP contribution in [0.3, 0.4) is 0 Å². The molecule has 0 spiro atoms. The van der Waals surface area contributed by atoms with E-state index in [9.17, 15) is 84.3 Å². The first kappa shape index (κ1) is 54.8. The van der Waals surface area contributed by atoms with E-state index in [1.54, 1.807) is 53.1 Å². The van der Waals surface area contributed by atoms with Crippen LogP contribution in [0.2, 0.25) is 0 Å². The molecule has 414 valence electrons. The number of benzene rings is 9. The largest absolute Gasteiger partial charge is 0.417 e. The molecule has 82 heavy (non-hydrogen) atoms. The van der Waals surface area contributed by atoms with Crippen LogP contribution in [0, 0.1) is 11.3 Å². The van der Waals surface area contributed by atoms with E-state index in [1.807, 2.05) is 0 Å². The maximum atomic E-state index is 15.0. The van der Waals surface area contributed by atoms with Gasteiger partial charge in [0.15, 0.2) is 0 Å². The lowest BCUT2D eigenvalue weighted by Crippen LogP contribution is -2.12. The number of hydrogen-bond donors (Lipinski definition) is 0. The molecule has 0 saturated carbocycles. The van der Waals surface area contributed by atoms with Gasteiger partial charge in [-0.2, -0.15) is 84.3 Å². The van der Waals surface area contributed by atoms with E-state index in [0.29, 0.717) is 52.7 Å². The average Bonchev–Trinajstić information content (AvgIpc) is 2.17. The third kappa shape index (κ3) is 9.58. The van der Waals surface area contributed by atoms with Crippen molar-refractivity contribution in [1.82, 2.24) is 9.13 Å². The van der Waals surface area contributed by atoms with Crippen molar-refractivity contribution in [2.45, 2.75) is 37.1 Å². The zero-order valence-electron chi connectivity index (χ0n) is 40.9. The molecule has 0 bridgehead atoms. The van der Waals surface area contributed by atoms with Crippen molar-refractivity contribution in [3.8, 4) is 62.0 Å². The SMILES string of the molecule is N#Cc1ccc(-c2ccc(-c3ccc(C(F)(F)F)cc3C(F)(F)F)cc2-n2c3ccccc3c3cc(-c4ccc(C(F)(F)F)cc4C(F)(F)F)ccc32)c(-n2c3ccccc3c3cc(-c4ccc(C(F)(F)F)cc4C(F)(F)F)ccc32)c1. The molecule has 0 fully saturated rings. The molecule has 0 aliphatic heterocycles. The predicted molar refractivity (Wildman–Crippen MR) is 272 cm³/mol. The third-order valence-electron chi connectivity index (χ3n) is 14.1. The lowest BCUT2D eigenvalue weighted by atomic mass is 9.92. The molecule has 3 nitrogen and oxygen atoms in total. The lowest BCUT2D eigenvalue weighted by molar-refractivity contribution is -0.144. The standard InChI is InChI=1S/C61H29F18N3/c62-56(63,64)35-13-18-38(47(27-35)59(71,72)73)32-11-21-52-45(24-32)41-5-1-3-7-50(41)81(52)54-23-31(30-80)9-16-43(54)44-17-10-34(40-20-15-37(58(68,69)70)29-49(40)61(77,78)79)26-55(44)82-51-8-4-2-6-42(51)46-25-33(12-22-53(46)82)39-19-14-36(57(65,66)67)28-48(39)60(74,75)76/h1-29H. The first-order valence-corrected chi connectivity index (χ1v) is 24.0. The number of nitriles is 1. The number of alkyl halides is 18. The van der Waals surface area contributed by atoms with Crippen LogP contribution in [-0.4, -0.2) is 9.13 Å².